The van der Waals surface area contributed by atoms with Gasteiger partial charge in [0.2, 0.25) is 5.88 Å². The van der Waals surface area contributed by atoms with Crippen molar-refractivity contribution in [3.05, 3.63) is 79.5 Å². The molecule has 0 aliphatic heterocycles. The predicted molar refractivity (Wildman–Crippen MR) is 95.7 cm³/mol. The van der Waals surface area contributed by atoms with Crippen molar-refractivity contribution in [2.24, 2.45) is 0 Å². The van der Waals surface area contributed by atoms with Gasteiger partial charge >= 0.3 is 18.0 Å². The SMILES string of the molecule is Nn1c(C(F)(F)F)cc(=O)n(-c2cc(Oc3cc(C(F)(F)F)ccn3)c(Cl)cc2F)c1=O. The lowest BCUT2D eigenvalue weighted by Crippen LogP contribution is -2.45. The van der Waals surface area contributed by atoms with Gasteiger partial charge in [-0.2, -0.15) is 26.3 Å². The minimum Gasteiger partial charge on any atom is -0.437 e. The number of aromatic nitrogens is 3. The van der Waals surface area contributed by atoms with Crippen LogP contribution >= 0.6 is 11.6 Å². The smallest absolute Gasteiger partial charge is 0.433 e. The number of halogens is 8. The molecule has 3 aromatic rings. The van der Waals surface area contributed by atoms with E-state index in [1.807, 2.05) is 0 Å². The molecule has 0 aliphatic carbocycles. The van der Waals surface area contributed by atoms with Crippen LogP contribution in [0.25, 0.3) is 5.69 Å². The summed E-state index contributed by atoms with van der Waals surface area (Å²) in [6.45, 7) is 0. The third-order valence-corrected chi connectivity index (χ3v) is 4.24. The summed E-state index contributed by atoms with van der Waals surface area (Å²) in [5.74, 6) is 2.59. The van der Waals surface area contributed by atoms with Crippen molar-refractivity contribution >= 4 is 11.6 Å². The average molecular weight is 485 g/mol. The molecule has 0 amide bonds. The van der Waals surface area contributed by atoms with E-state index in [9.17, 15) is 40.3 Å². The van der Waals surface area contributed by atoms with Crippen molar-refractivity contribution in [1.29, 1.82) is 0 Å². The number of hydrogen-bond acceptors (Lipinski definition) is 5. The zero-order chi connectivity index (χ0) is 24.0. The fourth-order valence-electron chi connectivity index (χ4n) is 2.52. The van der Waals surface area contributed by atoms with Crippen molar-refractivity contribution in [2.75, 3.05) is 5.84 Å². The number of nitrogens with zero attached hydrogens (tertiary/aromatic N) is 3. The van der Waals surface area contributed by atoms with Gasteiger partial charge in [0.05, 0.1) is 16.3 Å². The van der Waals surface area contributed by atoms with Gasteiger partial charge in [0.1, 0.15) is 11.6 Å². The Bertz CT molecular complexity index is 1320. The molecule has 0 unspecified atom stereocenters. The second-order valence-electron chi connectivity index (χ2n) is 6.07. The highest BCUT2D eigenvalue weighted by atomic mass is 35.5. The van der Waals surface area contributed by atoms with Gasteiger partial charge in [-0.25, -0.2) is 23.4 Å². The highest BCUT2D eigenvalue weighted by Gasteiger charge is 2.36. The molecule has 15 heteroatoms. The third-order valence-electron chi connectivity index (χ3n) is 3.95. The summed E-state index contributed by atoms with van der Waals surface area (Å²) in [4.78, 5) is 27.9. The van der Waals surface area contributed by atoms with E-state index >= 15 is 0 Å². The highest BCUT2D eigenvalue weighted by molar-refractivity contribution is 6.32. The summed E-state index contributed by atoms with van der Waals surface area (Å²) in [6.07, 6.45) is -9.13. The minimum atomic E-state index is -5.16. The molecule has 2 N–H and O–H groups in total. The molecule has 0 saturated heterocycles. The van der Waals surface area contributed by atoms with Crippen molar-refractivity contribution in [2.45, 2.75) is 12.4 Å². The molecule has 2 aromatic heterocycles. The second-order valence-corrected chi connectivity index (χ2v) is 6.48. The molecule has 0 spiro atoms. The van der Waals surface area contributed by atoms with Gasteiger partial charge < -0.3 is 10.6 Å². The van der Waals surface area contributed by atoms with Crippen molar-refractivity contribution in [3.8, 4) is 17.3 Å². The largest absolute Gasteiger partial charge is 0.437 e. The van der Waals surface area contributed by atoms with Gasteiger partial charge in [-0.05, 0) is 12.1 Å². The molecule has 170 valence electrons. The molecular weight excluding hydrogens is 477 g/mol. The van der Waals surface area contributed by atoms with Crippen LogP contribution in [0.5, 0.6) is 11.6 Å². The Hall–Kier alpha value is -3.55. The number of rotatable bonds is 3. The van der Waals surface area contributed by atoms with Crippen LogP contribution in [-0.2, 0) is 12.4 Å². The number of ether oxygens (including phenoxy) is 1. The quantitative estimate of drug-likeness (QED) is 0.452. The lowest BCUT2D eigenvalue weighted by molar-refractivity contribution is -0.143. The number of benzene rings is 1. The summed E-state index contributed by atoms with van der Waals surface area (Å²) in [6, 6.07) is 2.26. The second kappa shape index (κ2) is 7.85. The standard InChI is InChI=1S/C17H8ClF7N4O3/c18-8-4-9(19)10(28-14(30)6-12(17(23,24)25)29(26)15(28)31)5-11(8)32-13-3-7(1-2-27-13)16(20,21)22/h1-6H,26H2. The Labute approximate surface area is 177 Å². The van der Waals surface area contributed by atoms with Crippen molar-refractivity contribution < 1.29 is 35.5 Å². The Kier molecular flexibility index (Phi) is 5.67. The first kappa shape index (κ1) is 23.1. The fourth-order valence-corrected chi connectivity index (χ4v) is 2.71. The van der Waals surface area contributed by atoms with Crippen molar-refractivity contribution in [3.63, 3.8) is 0 Å². The summed E-state index contributed by atoms with van der Waals surface area (Å²) < 4.78 is 96.3. The average Bonchev–Trinajstić information content (AvgIpc) is 2.67. The van der Waals surface area contributed by atoms with Crippen LogP contribution in [0.1, 0.15) is 11.3 Å². The number of nitrogen functional groups attached to an aromatic ring is 1. The summed E-state index contributed by atoms with van der Waals surface area (Å²) in [5, 5.41) is -0.501. The molecular formula is C17H8ClF7N4O3. The predicted octanol–water partition coefficient (Wildman–Crippen LogP) is 3.73. The van der Waals surface area contributed by atoms with Gasteiger partial charge in [-0.1, -0.05) is 11.6 Å². The van der Waals surface area contributed by atoms with Crippen LogP contribution in [0, 0.1) is 5.82 Å². The lowest BCUT2D eigenvalue weighted by atomic mass is 10.2. The maximum Gasteiger partial charge on any atom is 0.433 e. The van der Waals surface area contributed by atoms with E-state index in [0.717, 1.165) is 6.20 Å². The molecule has 7 nitrogen and oxygen atoms in total. The van der Waals surface area contributed by atoms with Gasteiger partial charge in [-0.3, -0.25) is 4.79 Å². The van der Waals surface area contributed by atoms with Crippen LogP contribution in [0.4, 0.5) is 30.7 Å². The highest BCUT2D eigenvalue weighted by Crippen LogP contribution is 2.35. The normalized spacial score (nSPS) is 12.1. The first-order chi connectivity index (χ1) is 14.7. The van der Waals surface area contributed by atoms with Gasteiger partial charge in [0.25, 0.3) is 5.56 Å². The minimum absolute atomic E-state index is 0.0344. The van der Waals surface area contributed by atoms with E-state index in [1.54, 1.807) is 0 Å². The maximum atomic E-state index is 14.4. The first-order valence-electron chi connectivity index (χ1n) is 8.12. The van der Waals surface area contributed by atoms with Crippen LogP contribution in [0.15, 0.2) is 46.1 Å². The van der Waals surface area contributed by atoms with Crippen molar-refractivity contribution in [1.82, 2.24) is 14.2 Å². The van der Waals surface area contributed by atoms with Gasteiger partial charge in [-0.15, -0.1) is 0 Å². The number of pyridine rings is 1. The Morgan fingerprint density at radius 1 is 1.00 bits per heavy atom. The molecule has 0 fully saturated rings. The molecule has 0 bridgehead atoms. The van der Waals surface area contributed by atoms with Crippen LogP contribution in [0.2, 0.25) is 5.02 Å². The number of alkyl halides is 6. The number of nitrogens with two attached hydrogens (primary N) is 1. The molecule has 32 heavy (non-hydrogen) atoms. The maximum absolute atomic E-state index is 14.4. The van der Waals surface area contributed by atoms with E-state index in [-0.39, 0.29) is 10.6 Å². The van der Waals surface area contributed by atoms with E-state index in [4.69, 9.17) is 22.2 Å². The lowest BCUT2D eigenvalue weighted by Gasteiger charge is -2.15. The van der Waals surface area contributed by atoms with E-state index < -0.39 is 67.7 Å². The monoisotopic (exact) mass is 484 g/mol. The zero-order valence-electron chi connectivity index (χ0n) is 15.1. The van der Waals surface area contributed by atoms with Gasteiger partial charge in [0, 0.05) is 24.4 Å². The van der Waals surface area contributed by atoms with Gasteiger partial charge in [0.15, 0.2) is 5.69 Å². The van der Waals surface area contributed by atoms with E-state index in [1.165, 1.54) is 0 Å². The van der Waals surface area contributed by atoms with Crippen LogP contribution in [-0.4, -0.2) is 14.2 Å². The summed E-state index contributed by atoms with van der Waals surface area (Å²) in [7, 11) is 0. The summed E-state index contributed by atoms with van der Waals surface area (Å²) in [5.41, 5.74) is -7.18. The molecule has 3 rings (SSSR count). The fraction of sp³-hybridized carbons (Fsp3) is 0.118. The Morgan fingerprint density at radius 3 is 2.25 bits per heavy atom. The van der Waals surface area contributed by atoms with Crippen LogP contribution in [0.3, 0.4) is 0 Å². The molecule has 0 atom stereocenters. The molecule has 2 heterocycles. The molecule has 0 saturated carbocycles. The molecule has 0 radical (unpaired) electrons. The Morgan fingerprint density at radius 2 is 1.66 bits per heavy atom. The number of hydrogen-bond donors (Lipinski definition) is 1. The van der Waals surface area contributed by atoms with E-state index in [2.05, 4.69) is 4.98 Å². The summed E-state index contributed by atoms with van der Waals surface area (Å²) >= 11 is 5.81. The molecule has 0 aliphatic rings. The Balaban J connectivity index is 2.15. The zero-order valence-corrected chi connectivity index (χ0v) is 15.9. The van der Waals surface area contributed by atoms with Crippen LogP contribution < -0.4 is 21.8 Å². The third kappa shape index (κ3) is 4.39. The topological polar surface area (TPSA) is 92.1 Å². The first-order valence-corrected chi connectivity index (χ1v) is 8.50. The molecule has 1 aromatic carbocycles. The van der Waals surface area contributed by atoms with E-state index in [0.29, 0.717) is 24.3 Å².